The molecule has 1 aromatic carbocycles. The summed E-state index contributed by atoms with van der Waals surface area (Å²) in [5.74, 6) is -2.05. The third kappa shape index (κ3) is 4.41. The van der Waals surface area contributed by atoms with E-state index in [1.807, 2.05) is 13.8 Å². The molecule has 1 amide bonds. The number of benzene rings is 1. The fourth-order valence-electron chi connectivity index (χ4n) is 1.47. The van der Waals surface area contributed by atoms with Crippen molar-refractivity contribution in [2.45, 2.75) is 20.4 Å². The van der Waals surface area contributed by atoms with Crippen molar-refractivity contribution in [2.24, 2.45) is 5.92 Å². The highest BCUT2D eigenvalue weighted by atomic mass is 19.2. The maximum atomic E-state index is 12.9. The molecule has 0 radical (unpaired) electrons. The van der Waals surface area contributed by atoms with Crippen molar-refractivity contribution in [1.29, 1.82) is 0 Å². The number of halogens is 2. The summed E-state index contributed by atoms with van der Waals surface area (Å²) < 4.78 is 25.6. The fraction of sp³-hybridized carbons (Fsp3) is 0.462. The maximum Gasteiger partial charge on any atom is 0.224 e. The first kappa shape index (κ1) is 14.6. The van der Waals surface area contributed by atoms with Crippen LogP contribution in [0.5, 0.6) is 0 Å². The van der Waals surface area contributed by atoms with Crippen molar-refractivity contribution in [2.75, 3.05) is 13.1 Å². The summed E-state index contributed by atoms with van der Waals surface area (Å²) >= 11 is 0. The second-order valence-electron chi connectivity index (χ2n) is 4.17. The van der Waals surface area contributed by atoms with Crippen molar-refractivity contribution in [3.8, 4) is 0 Å². The average Bonchev–Trinajstić information content (AvgIpc) is 2.36. The number of hydrogen-bond acceptors (Lipinski definition) is 2. The van der Waals surface area contributed by atoms with E-state index < -0.39 is 11.6 Å². The van der Waals surface area contributed by atoms with Crippen LogP contribution < -0.4 is 10.6 Å². The molecule has 0 aliphatic rings. The lowest BCUT2D eigenvalue weighted by molar-refractivity contribution is -0.124. The molecule has 1 aromatic rings. The van der Waals surface area contributed by atoms with E-state index in [4.69, 9.17) is 0 Å². The molecule has 0 aliphatic heterocycles. The van der Waals surface area contributed by atoms with Crippen LogP contribution >= 0.6 is 0 Å². The van der Waals surface area contributed by atoms with Gasteiger partial charge >= 0.3 is 0 Å². The van der Waals surface area contributed by atoms with Gasteiger partial charge in [-0.25, -0.2) is 8.78 Å². The van der Waals surface area contributed by atoms with Crippen LogP contribution in [0.3, 0.4) is 0 Å². The third-order valence-corrected chi connectivity index (χ3v) is 2.60. The molecule has 0 heterocycles. The molecule has 0 aromatic heterocycles. The molecular formula is C13H18F2N2O. The van der Waals surface area contributed by atoms with E-state index in [9.17, 15) is 13.6 Å². The lowest BCUT2D eigenvalue weighted by Gasteiger charge is -2.12. The second-order valence-corrected chi connectivity index (χ2v) is 4.17. The van der Waals surface area contributed by atoms with E-state index in [-0.39, 0.29) is 18.4 Å². The molecule has 2 N–H and O–H groups in total. The van der Waals surface area contributed by atoms with Gasteiger partial charge in [-0.3, -0.25) is 4.79 Å². The first-order valence-corrected chi connectivity index (χ1v) is 5.97. The van der Waals surface area contributed by atoms with Crippen LogP contribution in [0, 0.1) is 17.6 Å². The minimum absolute atomic E-state index is 0.110. The molecule has 0 spiro atoms. The second kappa shape index (κ2) is 7.06. The average molecular weight is 256 g/mol. The van der Waals surface area contributed by atoms with E-state index in [0.29, 0.717) is 12.1 Å². The van der Waals surface area contributed by atoms with Gasteiger partial charge < -0.3 is 10.6 Å². The van der Waals surface area contributed by atoms with Crippen molar-refractivity contribution >= 4 is 5.91 Å². The first-order chi connectivity index (χ1) is 8.54. The van der Waals surface area contributed by atoms with Crippen LogP contribution in [0.4, 0.5) is 8.78 Å². The van der Waals surface area contributed by atoms with Gasteiger partial charge in [0.05, 0.1) is 0 Å². The predicted molar refractivity (Wildman–Crippen MR) is 65.9 cm³/mol. The van der Waals surface area contributed by atoms with Crippen molar-refractivity contribution in [1.82, 2.24) is 10.6 Å². The Hall–Kier alpha value is -1.49. The lowest BCUT2D eigenvalue weighted by atomic mass is 10.1. The van der Waals surface area contributed by atoms with E-state index in [2.05, 4.69) is 10.6 Å². The topological polar surface area (TPSA) is 41.1 Å². The highest BCUT2D eigenvalue weighted by Crippen LogP contribution is 2.08. The molecule has 1 unspecified atom stereocenters. The highest BCUT2D eigenvalue weighted by molar-refractivity contribution is 5.78. The summed E-state index contributed by atoms with van der Waals surface area (Å²) in [4.78, 5) is 11.7. The summed E-state index contributed by atoms with van der Waals surface area (Å²) in [6.07, 6.45) is 0. The number of carbonyl (C=O) groups excluding carboxylic acids is 1. The van der Waals surface area contributed by atoms with Gasteiger partial charge in [0.25, 0.3) is 0 Å². The van der Waals surface area contributed by atoms with Crippen LogP contribution in [-0.2, 0) is 11.3 Å². The van der Waals surface area contributed by atoms with Crippen molar-refractivity contribution in [3.63, 3.8) is 0 Å². The van der Waals surface area contributed by atoms with E-state index in [0.717, 1.165) is 18.7 Å². The monoisotopic (exact) mass is 256 g/mol. The van der Waals surface area contributed by atoms with Gasteiger partial charge in [0.2, 0.25) is 5.91 Å². The number of hydrogen-bond donors (Lipinski definition) is 2. The number of nitrogens with one attached hydrogen (secondary N) is 2. The SMILES string of the molecule is CCNCC(C)C(=O)NCc1ccc(F)c(F)c1. The zero-order valence-corrected chi connectivity index (χ0v) is 10.6. The minimum atomic E-state index is -0.901. The molecule has 18 heavy (non-hydrogen) atoms. The van der Waals surface area contributed by atoms with Gasteiger partial charge in [0.15, 0.2) is 11.6 Å². The lowest BCUT2D eigenvalue weighted by Crippen LogP contribution is -2.34. The van der Waals surface area contributed by atoms with Crippen LogP contribution in [0.1, 0.15) is 19.4 Å². The smallest absolute Gasteiger partial charge is 0.224 e. The summed E-state index contributed by atoms with van der Waals surface area (Å²) in [6.45, 7) is 5.38. The Bertz CT molecular complexity index is 410. The molecule has 0 aliphatic carbocycles. The van der Waals surface area contributed by atoms with Gasteiger partial charge in [0.1, 0.15) is 0 Å². The Balaban J connectivity index is 2.44. The summed E-state index contributed by atoms with van der Waals surface area (Å²) in [7, 11) is 0. The summed E-state index contributed by atoms with van der Waals surface area (Å²) in [5.41, 5.74) is 0.540. The van der Waals surface area contributed by atoms with E-state index in [1.54, 1.807) is 0 Å². The van der Waals surface area contributed by atoms with Crippen LogP contribution in [0.25, 0.3) is 0 Å². The van der Waals surface area contributed by atoms with Crippen LogP contribution in [-0.4, -0.2) is 19.0 Å². The summed E-state index contributed by atoms with van der Waals surface area (Å²) in [5, 5.41) is 5.76. The van der Waals surface area contributed by atoms with Gasteiger partial charge in [-0.1, -0.05) is 19.9 Å². The van der Waals surface area contributed by atoms with E-state index in [1.165, 1.54) is 6.07 Å². The molecular weight excluding hydrogens is 238 g/mol. The van der Waals surface area contributed by atoms with Gasteiger partial charge in [-0.05, 0) is 24.2 Å². The van der Waals surface area contributed by atoms with Crippen molar-refractivity contribution in [3.05, 3.63) is 35.4 Å². The van der Waals surface area contributed by atoms with Gasteiger partial charge in [-0.15, -0.1) is 0 Å². The van der Waals surface area contributed by atoms with E-state index >= 15 is 0 Å². The standard InChI is InChI=1S/C13H18F2N2O/c1-3-16-7-9(2)13(18)17-8-10-4-5-11(14)12(15)6-10/h4-6,9,16H,3,7-8H2,1-2H3,(H,17,18). The normalized spacial score (nSPS) is 12.2. The maximum absolute atomic E-state index is 12.9. The Morgan fingerprint density at radius 3 is 2.67 bits per heavy atom. The minimum Gasteiger partial charge on any atom is -0.352 e. The third-order valence-electron chi connectivity index (χ3n) is 2.60. The molecule has 3 nitrogen and oxygen atoms in total. The Labute approximate surface area is 106 Å². The molecule has 100 valence electrons. The Morgan fingerprint density at radius 2 is 2.06 bits per heavy atom. The summed E-state index contributed by atoms with van der Waals surface area (Å²) in [6, 6.07) is 3.59. The van der Waals surface area contributed by atoms with Crippen LogP contribution in [0.15, 0.2) is 18.2 Å². The Morgan fingerprint density at radius 1 is 1.33 bits per heavy atom. The predicted octanol–water partition coefficient (Wildman–Crippen LogP) is 1.83. The number of carbonyl (C=O) groups is 1. The first-order valence-electron chi connectivity index (χ1n) is 5.97. The molecule has 0 bridgehead atoms. The molecule has 1 atom stereocenters. The molecule has 0 saturated carbocycles. The molecule has 0 fully saturated rings. The zero-order chi connectivity index (χ0) is 13.5. The fourth-order valence-corrected chi connectivity index (χ4v) is 1.47. The largest absolute Gasteiger partial charge is 0.352 e. The van der Waals surface area contributed by atoms with Gasteiger partial charge in [-0.2, -0.15) is 0 Å². The molecule has 5 heteroatoms. The highest BCUT2D eigenvalue weighted by Gasteiger charge is 2.11. The van der Waals surface area contributed by atoms with Gasteiger partial charge in [0, 0.05) is 19.0 Å². The van der Waals surface area contributed by atoms with Crippen LogP contribution in [0.2, 0.25) is 0 Å². The quantitative estimate of drug-likeness (QED) is 0.815. The number of amides is 1. The zero-order valence-electron chi connectivity index (χ0n) is 10.6. The Kier molecular flexibility index (Phi) is 5.71. The number of rotatable bonds is 6. The molecule has 1 rings (SSSR count). The molecule has 0 saturated heterocycles. The van der Waals surface area contributed by atoms with Crippen molar-refractivity contribution < 1.29 is 13.6 Å².